The molecule has 1 saturated carbocycles. The first-order chi connectivity index (χ1) is 15.8. The average Bonchev–Trinajstić information content (AvgIpc) is 2.78. The van der Waals surface area contributed by atoms with Crippen molar-refractivity contribution in [2.45, 2.75) is 44.2 Å². The summed E-state index contributed by atoms with van der Waals surface area (Å²) in [5.74, 6) is 2.06. The van der Waals surface area contributed by atoms with Crippen molar-refractivity contribution in [3.8, 4) is 23.3 Å². The van der Waals surface area contributed by atoms with Gasteiger partial charge in [0.25, 0.3) is 0 Å². The Balaban J connectivity index is 1.37. The quantitative estimate of drug-likeness (QED) is 0.517. The Morgan fingerprint density at radius 1 is 1.00 bits per heavy atom. The summed E-state index contributed by atoms with van der Waals surface area (Å²) in [6.07, 6.45) is 1.96. The van der Waals surface area contributed by atoms with E-state index in [2.05, 4.69) is 36.3 Å². The van der Waals surface area contributed by atoms with Gasteiger partial charge >= 0.3 is 6.09 Å². The second-order valence-corrected chi connectivity index (χ2v) is 8.62. The molecule has 2 aromatic carbocycles. The Kier molecular flexibility index (Phi) is 6.18. The Labute approximate surface area is 192 Å². The summed E-state index contributed by atoms with van der Waals surface area (Å²) >= 11 is 0. The van der Waals surface area contributed by atoms with Gasteiger partial charge in [0.05, 0.1) is 6.20 Å². The summed E-state index contributed by atoms with van der Waals surface area (Å²) in [5, 5.41) is 20.1. The largest absolute Gasteiger partial charge is 0.490 e. The summed E-state index contributed by atoms with van der Waals surface area (Å²) in [6.45, 7) is 4.33. The topological polar surface area (TPSA) is 104 Å². The molecule has 3 aromatic rings. The number of nitriles is 1. The van der Waals surface area contributed by atoms with Gasteiger partial charge in [-0.1, -0.05) is 38.1 Å². The Morgan fingerprint density at radius 2 is 1.58 bits per heavy atom. The number of carbonyl (C=O) groups is 1. The normalized spacial score (nSPS) is 17.4. The predicted octanol–water partition coefficient (Wildman–Crippen LogP) is 5.25. The maximum Gasteiger partial charge on any atom is 0.404 e. The predicted molar refractivity (Wildman–Crippen MR) is 123 cm³/mol. The van der Waals surface area contributed by atoms with Crippen LogP contribution >= 0.6 is 0 Å². The summed E-state index contributed by atoms with van der Waals surface area (Å²) in [7, 11) is 0. The van der Waals surface area contributed by atoms with Crippen molar-refractivity contribution in [1.82, 2.24) is 10.3 Å². The summed E-state index contributed by atoms with van der Waals surface area (Å²) in [6, 6.07) is 21.3. The molecule has 4 rings (SSSR count). The highest BCUT2D eigenvalue weighted by Gasteiger charge is 2.32. The molecule has 0 saturated heterocycles. The van der Waals surface area contributed by atoms with Crippen molar-refractivity contribution in [1.29, 1.82) is 5.26 Å². The van der Waals surface area contributed by atoms with E-state index in [1.807, 2.05) is 42.5 Å². The number of nitrogens with zero attached hydrogens (tertiary/aromatic N) is 2. The molecule has 1 aliphatic carbocycles. The third-order valence-electron chi connectivity index (χ3n) is 5.96. The lowest BCUT2D eigenvalue weighted by atomic mass is 9.78. The van der Waals surface area contributed by atoms with Crippen molar-refractivity contribution in [2.24, 2.45) is 0 Å². The van der Waals surface area contributed by atoms with Gasteiger partial charge in [0.15, 0.2) is 0 Å². The Morgan fingerprint density at radius 3 is 2.09 bits per heavy atom. The van der Waals surface area contributed by atoms with E-state index in [4.69, 9.17) is 19.8 Å². The lowest BCUT2D eigenvalue weighted by Crippen LogP contribution is -2.48. The first-order valence-corrected chi connectivity index (χ1v) is 10.7. The van der Waals surface area contributed by atoms with Crippen LogP contribution in [0.5, 0.6) is 17.2 Å². The van der Waals surface area contributed by atoms with Crippen LogP contribution in [0.1, 0.15) is 43.5 Å². The van der Waals surface area contributed by atoms with E-state index in [-0.39, 0.29) is 17.6 Å². The maximum absolute atomic E-state index is 10.7. The minimum Gasteiger partial charge on any atom is -0.490 e. The van der Waals surface area contributed by atoms with Crippen LogP contribution in [0.4, 0.5) is 4.79 Å². The lowest BCUT2D eigenvalue weighted by Gasteiger charge is -2.35. The number of amides is 1. The van der Waals surface area contributed by atoms with Crippen molar-refractivity contribution in [2.75, 3.05) is 0 Å². The van der Waals surface area contributed by atoms with Gasteiger partial charge in [-0.05, 0) is 47.5 Å². The van der Waals surface area contributed by atoms with E-state index in [0.717, 1.165) is 16.9 Å². The summed E-state index contributed by atoms with van der Waals surface area (Å²) < 4.78 is 11.8. The van der Waals surface area contributed by atoms with Gasteiger partial charge in [0, 0.05) is 24.3 Å². The van der Waals surface area contributed by atoms with Crippen LogP contribution in [0.3, 0.4) is 0 Å². The number of hydrogen-bond acceptors (Lipinski definition) is 5. The van der Waals surface area contributed by atoms with Gasteiger partial charge in [-0.2, -0.15) is 5.26 Å². The standard InChI is InChI=1S/C26H25N3O4/c1-26(2,17-3-8-21(9-4-17)32-23-12-7-19(15-27)28-16-23)18-5-10-22(11-6-18)33-24-13-20(14-24)29-25(30)31/h3-12,16,20,24,29H,13-14H2,1-2H3,(H,30,31)/t20-,24+. The second kappa shape index (κ2) is 9.21. The number of benzene rings is 2. The number of pyridine rings is 1. The van der Waals surface area contributed by atoms with Crippen molar-refractivity contribution < 1.29 is 19.4 Å². The zero-order valence-electron chi connectivity index (χ0n) is 18.5. The van der Waals surface area contributed by atoms with Gasteiger partial charge in [0.1, 0.15) is 35.1 Å². The zero-order valence-corrected chi connectivity index (χ0v) is 18.5. The first kappa shape index (κ1) is 22.2. The van der Waals surface area contributed by atoms with E-state index >= 15 is 0 Å². The van der Waals surface area contributed by atoms with Crippen LogP contribution in [-0.4, -0.2) is 28.3 Å². The molecule has 7 heteroatoms. The molecule has 1 aromatic heterocycles. The molecule has 7 nitrogen and oxygen atoms in total. The number of ether oxygens (including phenoxy) is 2. The average molecular weight is 444 g/mol. The van der Waals surface area contributed by atoms with Crippen LogP contribution in [0.2, 0.25) is 0 Å². The molecule has 1 fully saturated rings. The van der Waals surface area contributed by atoms with Gasteiger partial charge < -0.3 is 19.9 Å². The van der Waals surface area contributed by atoms with Gasteiger partial charge in [0.2, 0.25) is 0 Å². The fourth-order valence-electron chi connectivity index (χ4n) is 3.85. The molecular formula is C26H25N3O4. The third-order valence-corrected chi connectivity index (χ3v) is 5.96. The zero-order chi connectivity index (χ0) is 23.4. The maximum atomic E-state index is 10.7. The molecular weight excluding hydrogens is 418 g/mol. The van der Waals surface area contributed by atoms with Gasteiger partial charge in [-0.3, -0.25) is 0 Å². The fourth-order valence-corrected chi connectivity index (χ4v) is 3.85. The van der Waals surface area contributed by atoms with Crippen molar-refractivity contribution in [3.05, 3.63) is 83.7 Å². The minimum atomic E-state index is -0.990. The van der Waals surface area contributed by atoms with Crippen LogP contribution in [0.25, 0.3) is 0 Å². The lowest BCUT2D eigenvalue weighted by molar-refractivity contribution is 0.0833. The Bertz CT molecular complexity index is 1140. The van der Waals surface area contributed by atoms with E-state index in [0.29, 0.717) is 30.0 Å². The molecule has 1 amide bonds. The van der Waals surface area contributed by atoms with Gasteiger partial charge in [-0.25, -0.2) is 9.78 Å². The van der Waals surface area contributed by atoms with Crippen molar-refractivity contribution in [3.63, 3.8) is 0 Å². The summed E-state index contributed by atoms with van der Waals surface area (Å²) in [4.78, 5) is 14.7. The SMILES string of the molecule is CC(C)(c1ccc(Oc2ccc(C#N)nc2)cc1)c1ccc(O[C@H]2C[C@@H](NC(=O)O)C2)cc1. The number of aromatic nitrogens is 1. The molecule has 0 atom stereocenters. The molecule has 0 bridgehead atoms. The van der Waals surface area contributed by atoms with Crippen LogP contribution in [0.15, 0.2) is 66.9 Å². The van der Waals surface area contributed by atoms with E-state index < -0.39 is 6.09 Å². The highest BCUT2D eigenvalue weighted by molar-refractivity contribution is 5.65. The molecule has 1 aliphatic rings. The van der Waals surface area contributed by atoms with Crippen LogP contribution < -0.4 is 14.8 Å². The number of hydrogen-bond donors (Lipinski definition) is 2. The molecule has 2 N–H and O–H groups in total. The molecule has 1 heterocycles. The number of rotatable bonds is 7. The highest BCUT2D eigenvalue weighted by atomic mass is 16.5. The van der Waals surface area contributed by atoms with Crippen LogP contribution in [0, 0.1) is 11.3 Å². The minimum absolute atomic E-state index is 0.0224. The van der Waals surface area contributed by atoms with E-state index in [9.17, 15) is 4.79 Å². The number of carboxylic acid groups (broad SMARTS) is 1. The van der Waals surface area contributed by atoms with Crippen molar-refractivity contribution >= 4 is 6.09 Å². The molecule has 0 unspecified atom stereocenters. The molecule has 33 heavy (non-hydrogen) atoms. The fraction of sp³-hybridized carbons (Fsp3) is 0.269. The van der Waals surface area contributed by atoms with E-state index in [1.54, 1.807) is 12.1 Å². The Hall–Kier alpha value is -4.05. The van der Waals surface area contributed by atoms with Gasteiger partial charge in [-0.15, -0.1) is 0 Å². The first-order valence-electron chi connectivity index (χ1n) is 10.7. The monoisotopic (exact) mass is 443 g/mol. The smallest absolute Gasteiger partial charge is 0.404 e. The van der Waals surface area contributed by atoms with Crippen LogP contribution in [-0.2, 0) is 5.41 Å². The molecule has 168 valence electrons. The molecule has 0 radical (unpaired) electrons. The number of nitrogens with one attached hydrogen (secondary N) is 1. The highest BCUT2D eigenvalue weighted by Crippen LogP contribution is 2.34. The third kappa shape index (κ3) is 5.24. The van der Waals surface area contributed by atoms with E-state index in [1.165, 1.54) is 6.20 Å². The summed E-state index contributed by atoms with van der Waals surface area (Å²) in [5.41, 5.74) is 2.42. The second-order valence-electron chi connectivity index (χ2n) is 8.62. The molecule has 0 spiro atoms. The molecule has 0 aliphatic heterocycles.